The molecule has 0 spiro atoms. The van der Waals surface area contributed by atoms with E-state index in [1.54, 1.807) is 11.3 Å². The molecule has 1 fully saturated rings. The third kappa shape index (κ3) is 3.30. The van der Waals surface area contributed by atoms with Crippen molar-refractivity contribution in [2.45, 2.75) is 39.0 Å². The number of nitrogens with two attached hydrogens (primary N) is 1. The Kier molecular flexibility index (Phi) is 4.03. The highest BCUT2D eigenvalue weighted by atomic mass is 32.1. The lowest BCUT2D eigenvalue weighted by molar-refractivity contribution is 0.899. The van der Waals surface area contributed by atoms with Crippen LogP contribution in [0.15, 0.2) is 5.38 Å². The summed E-state index contributed by atoms with van der Waals surface area (Å²) in [5.41, 5.74) is 4.74. The second-order valence-corrected chi connectivity index (χ2v) is 6.42. The summed E-state index contributed by atoms with van der Waals surface area (Å²) in [7, 11) is 0. The standard InChI is InChI=1S/C14H20N6S/c1-8-12(16-6-5-11-7-21-9(2)17-11)18-14(10-3-4-10)19-13(8)20-15/h7,10H,3-6,15H2,1-2H3,(H2,16,18,19,20). The van der Waals surface area contributed by atoms with Gasteiger partial charge in [-0.1, -0.05) is 0 Å². The first-order valence-corrected chi connectivity index (χ1v) is 8.05. The molecule has 21 heavy (non-hydrogen) atoms. The van der Waals surface area contributed by atoms with Crippen molar-refractivity contribution in [2.75, 3.05) is 17.3 Å². The van der Waals surface area contributed by atoms with E-state index in [-0.39, 0.29) is 0 Å². The molecule has 1 aliphatic carbocycles. The minimum absolute atomic E-state index is 0.499. The number of hydrogen-bond donors (Lipinski definition) is 3. The third-order valence-electron chi connectivity index (χ3n) is 3.58. The molecule has 3 rings (SSSR count). The van der Waals surface area contributed by atoms with Crippen LogP contribution in [0.5, 0.6) is 0 Å². The zero-order valence-corrected chi connectivity index (χ0v) is 13.1. The van der Waals surface area contributed by atoms with Gasteiger partial charge in [-0.05, 0) is 26.7 Å². The van der Waals surface area contributed by atoms with E-state index in [2.05, 4.69) is 31.1 Å². The van der Waals surface area contributed by atoms with Gasteiger partial charge in [0, 0.05) is 29.8 Å². The highest BCUT2D eigenvalue weighted by Crippen LogP contribution is 2.39. The lowest BCUT2D eigenvalue weighted by Gasteiger charge is -2.13. The number of aryl methyl sites for hydroxylation is 1. The number of hydrazine groups is 1. The average molecular weight is 304 g/mol. The Labute approximate surface area is 128 Å². The Hall–Kier alpha value is -1.73. The number of aromatic nitrogens is 3. The van der Waals surface area contributed by atoms with Crippen LogP contribution in [0.3, 0.4) is 0 Å². The predicted molar refractivity (Wildman–Crippen MR) is 85.6 cm³/mol. The molecular weight excluding hydrogens is 284 g/mol. The molecule has 0 saturated heterocycles. The predicted octanol–water partition coefficient (Wildman–Crippen LogP) is 2.37. The molecule has 0 aliphatic heterocycles. The molecule has 4 N–H and O–H groups in total. The van der Waals surface area contributed by atoms with Gasteiger partial charge in [-0.2, -0.15) is 0 Å². The van der Waals surface area contributed by atoms with Crippen molar-refractivity contribution in [3.05, 3.63) is 27.5 Å². The lowest BCUT2D eigenvalue weighted by atomic mass is 10.2. The average Bonchev–Trinajstić information content (AvgIpc) is 3.24. The van der Waals surface area contributed by atoms with Crippen LogP contribution in [0.2, 0.25) is 0 Å². The highest BCUT2D eigenvalue weighted by molar-refractivity contribution is 7.09. The highest BCUT2D eigenvalue weighted by Gasteiger charge is 2.28. The maximum atomic E-state index is 5.55. The van der Waals surface area contributed by atoms with Gasteiger partial charge >= 0.3 is 0 Å². The summed E-state index contributed by atoms with van der Waals surface area (Å²) in [5, 5.41) is 6.60. The van der Waals surface area contributed by atoms with E-state index in [0.717, 1.165) is 40.9 Å². The van der Waals surface area contributed by atoms with Crippen LogP contribution in [0.25, 0.3) is 0 Å². The van der Waals surface area contributed by atoms with E-state index in [1.165, 1.54) is 12.8 Å². The van der Waals surface area contributed by atoms with Crippen molar-refractivity contribution in [2.24, 2.45) is 5.84 Å². The third-order valence-corrected chi connectivity index (χ3v) is 4.40. The normalized spacial score (nSPS) is 14.2. The van der Waals surface area contributed by atoms with Crippen molar-refractivity contribution in [1.29, 1.82) is 0 Å². The van der Waals surface area contributed by atoms with E-state index < -0.39 is 0 Å². The van der Waals surface area contributed by atoms with Crippen molar-refractivity contribution >= 4 is 23.0 Å². The van der Waals surface area contributed by atoms with Gasteiger partial charge in [-0.25, -0.2) is 20.8 Å². The fourth-order valence-corrected chi connectivity index (χ4v) is 2.85. The molecule has 6 nitrogen and oxygen atoms in total. The molecule has 2 aromatic heterocycles. The maximum Gasteiger partial charge on any atom is 0.148 e. The summed E-state index contributed by atoms with van der Waals surface area (Å²) in [6.45, 7) is 4.80. The molecule has 2 aromatic rings. The Morgan fingerprint density at radius 1 is 1.24 bits per heavy atom. The Morgan fingerprint density at radius 3 is 2.62 bits per heavy atom. The fraction of sp³-hybridized carbons (Fsp3) is 0.500. The topological polar surface area (TPSA) is 88.8 Å². The first kappa shape index (κ1) is 14.2. The van der Waals surface area contributed by atoms with Crippen LogP contribution >= 0.6 is 11.3 Å². The number of nitrogens with zero attached hydrogens (tertiary/aromatic N) is 3. The monoisotopic (exact) mass is 304 g/mol. The minimum atomic E-state index is 0.499. The van der Waals surface area contributed by atoms with E-state index in [1.807, 2.05) is 13.8 Å². The van der Waals surface area contributed by atoms with E-state index in [9.17, 15) is 0 Å². The van der Waals surface area contributed by atoms with E-state index >= 15 is 0 Å². The van der Waals surface area contributed by atoms with Gasteiger partial charge in [-0.15, -0.1) is 11.3 Å². The summed E-state index contributed by atoms with van der Waals surface area (Å²) < 4.78 is 0. The summed E-state index contributed by atoms with van der Waals surface area (Å²) >= 11 is 1.68. The number of thiazole rings is 1. The second kappa shape index (κ2) is 5.95. The molecular formula is C14H20N6S. The molecule has 0 amide bonds. The fourth-order valence-electron chi connectivity index (χ4n) is 2.20. The van der Waals surface area contributed by atoms with E-state index in [4.69, 9.17) is 5.84 Å². The van der Waals surface area contributed by atoms with Gasteiger partial charge in [0.25, 0.3) is 0 Å². The Bertz CT molecular complexity index is 634. The van der Waals surface area contributed by atoms with Crippen LogP contribution in [0.1, 0.15) is 40.8 Å². The first-order valence-electron chi connectivity index (χ1n) is 7.17. The molecule has 0 radical (unpaired) electrons. The number of anilines is 2. The molecule has 0 bridgehead atoms. The molecule has 2 heterocycles. The summed E-state index contributed by atoms with van der Waals surface area (Å²) in [6, 6.07) is 0. The zero-order chi connectivity index (χ0) is 14.8. The lowest BCUT2D eigenvalue weighted by Crippen LogP contribution is -2.15. The molecule has 0 atom stereocenters. The SMILES string of the molecule is Cc1nc(CCNc2nc(C3CC3)nc(NN)c2C)cs1. The number of nitrogen functional groups attached to an aromatic ring is 1. The van der Waals surface area contributed by atoms with E-state index in [0.29, 0.717) is 11.7 Å². The summed E-state index contributed by atoms with van der Waals surface area (Å²) in [6.07, 6.45) is 3.23. The molecule has 0 aromatic carbocycles. The molecule has 1 saturated carbocycles. The van der Waals surface area contributed by atoms with Gasteiger partial charge in [0.15, 0.2) is 0 Å². The molecule has 0 unspecified atom stereocenters. The van der Waals surface area contributed by atoms with Crippen molar-refractivity contribution in [3.8, 4) is 0 Å². The Morgan fingerprint density at radius 2 is 2.00 bits per heavy atom. The second-order valence-electron chi connectivity index (χ2n) is 5.36. The minimum Gasteiger partial charge on any atom is -0.369 e. The zero-order valence-electron chi connectivity index (χ0n) is 12.3. The van der Waals surface area contributed by atoms with Crippen LogP contribution in [-0.2, 0) is 6.42 Å². The molecule has 112 valence electrons. The van der Waals surface area contributed by atoms with Crippen molar-refractivity contribution < 1.29 is 0 Å². The van der Waals surface area contributed by atoms with Crippen LogP contribution in [0, 0.1) is 13.8 Å². The van der Waals surface area contributed by atoms with Gasteiger partial charge < -0.3 is 10.7 Å². The largest absolute Gasteiger partial charge is 0.369 e. The van der Waals surface area contributed by atoms with Gasteiger partial charge in [0.05, 0.1) is 10.7 Å². The molecule has 7 heteroatoms. The van der Waals surface area contributed by atoms with Crippen LogP contribution < -0.4 is 16.6 Å². The van der Waals surface area contributed by atoms with Gasteiger partial charge in [0.1, 0.15) is 17.5 Å². The number of hydrogen-bond acceptors (Lipinski definition) is 7. The maximum absolute atomic E-state index is 5.55. The van der Waals surface area contributed by atoms with Crippen LogP contribution in [-0.4, -0.2) is 21.5 Å². The van der Waals surface area contributed by atoms with Crippen LogP contribution in [0.4, 0.5) is 11.6 Å². The Balaban J connectivity index is 1.70. The number of rotatable bonds is 6. The summed E-state index contributed by atoms with van der Waals surface area (Å²) in [4.78, 5) is 13.6. The first-order chi connectivity index (χ1) is 10.2. The van der Waals surface area contributed by atoms with Crippen molar-refractivity contribution in [3.63, 3.8) is 0 Å². The number of nitrogens with one attached hydrogen (secondary N) is 2. The van der Waals surface area contributed by atoms with Gasteiger partial charge in [-0.3, -0.25) is 0 Å². The smallest absolute Gasteiger partial charge is 0.148 e. The van der Waals surface area contributed by atoms with Crippen molar-refractivity contribution in [1.82, 2.24) is 15.0 Å². The quantitative estimate of drug-likeness (QED) is 0.561. The summed E-state index contributed by atoms with van der Waals surface area (Å²) in [5.74, 6) is 8.52. The van der Waals surface area contributed by atoms with Gasteiger partial charge in [0.2, 0.25) is 0 Å². The molecule has 1 aliphatic rings.